The van der Waals surface area contributed by atoms with Gasteiger partial charge in [0.25, 0.3) is 5.91 Å². The Hall–Kier alpha value is -3.31. The molecule has 2 aliphatic rings. The Bertz CT molecular complexity index is 1350. The van der Waals surface area contributed by atoms with Crippen molar-refractivity contribution in [3.05, 3.63) is 77.4 Å². The summed E-state index contributed by atoms with van der Waals surface area (Å²) in [5.41, 5.74) is 7.29. The van der Waals surface area contributed by atoms with Crippen LogP contribution in [0.15, 0.2) is 60.7 Å². The van der Waals surface area contributed by atoms with Crippen LogP contribution in [-0.4, -0.2) is 47.0 Å². The predicted molar refractivity (Wildman–Crippen MR) is 124 cm³/mol. The molecule has 31 heavy (non-hydrogen) atoms. The number of amides is 1. The lowest BCUT2D eigenvalue weighted by Gasteiger charge is -2.36. The summed E-state index contributed by atoms with van der Waals surface area (Å²) >= 11 is 0. The minimum Gasteiger partial charge on any atom is -0.306 e. The Labute approximate surface area is 181 Å². The average Bonchev–Trinajstić information content (AvgIpc) is 3.09. The fraction of sp³-hybridized carbons (Fsp3) is 0.269. The summed E-state index contributed by atoms with van der Waals surface area (Å²) in [5.74, 6) is 0.372. The molecule has 1 fully saturated rings. The molecular formula is C26H24N4O. The Morgan fingerprint density at radius 2 is 1.74 bits per heavy atom. The van der Waals surface area contributed by atoms with Crippen molar-refractivity contribution >= 4 is 33.7 Å². The van der Waals surface area contributed by atoms with Crippen LogP contribution in [0.5, 0.6) is 0 Å². The summed E-state index contributed by atoms with van der Waals surface area (Å²) in [4.78, 5) is 28.0. The van der Waals surface area contributed by atoms with Crippen molar-refractivity contribution in [2.24, 2.45) is 0 Å². The molecule has 6 rings (SSSR count). The molecule has 0 spiro atoms. The second-order valence-electron chi connectivity index (χ2n) is 8.85. The molecule has 0 saturated carbocycles. The van der Waals surface area contributed by atoms with E-state index in [-0.39, 0.29) is 11.9 Å². The maximum absolute atomic E-state index is 14.0. The van der Waals surface area contributed by atoms with Gasteiger partial charge in [-0.15, -0.1) is 0 Å². The van der Waals surface area contributed by atoms with Gasteiger partial charge in [-0.05, 0) is 62.8 Å². The smallest absolute Gasteiger partial charge is 0.260 e. The highest BCUT2D eigenvalue weighted by Crippen LogP contribution is 2.45. The maximum Gasteiger partial charge on any atom is 0.260 e. The summed E-state index contributed by atoms with van der Waals surface area (Å²) < 4.78 is 0. The molecule has 2 unspecified atom stereocenters. The topological polar surface area (TPSA) is 49.3 Å². The first-order chi connectivity index (χ1) is 15.1. The summed E-state index contributed by atoms with van der Waals surface area (Å²) in [7, 11) is 2.17. The number of carbonyl (C=O) groups is 1. The number of piperidine rings is 1. The van der Waals surface area contributed by atoms with Crippen LogP contribution in [0, 0.1) is 6.92 Å². The lowest BCUT2D eigenvalue weighted by Crippen LogP contribution is -2.47. The van der Waals surface area contributed by atoms with E-state index < -0.39 is 0 Å². The lowest BCUT2D eigenvalue weighted by molar-refractivity contribution is 0.0966. The number of likely N-dealkylation sites (N-methyl/N-ethyl adjacent to an activating group) is 1. The monoisotopic (exact) mass is 408 g/mol. The zero-order chi connectivity index (χ0) is 21.1. The largest absolute Gasteiger partial charge is 0.306 e. The third-order valence-corrected chi connectivity index (χ3v) is 6.77. The SMILES string of the molecule is Cc1ccc2c(c1)C1CN(C)CCC1N2C(=O)c1cccc2nc3ccccc3nc12. The van der Waals surface area contributed by atoms with E-state index in [2.05, 4.69) is 37.1 Å². The van der Waals surface area contributed by atoms with Crippen LogP contribution >= 0.6 is 0 Å². The van der Waals surface area contributed by atoms with Gasteiger partial charge in [0.05, 0.1) is 22.1 Å². The van der Waals surface area contributed by atoms with Gasteiger partial charge in [0.1, 0.15) is 5.52 Å². The number of benzene rings is 3. The zero-order valence-electron chi connectivity index (χ0n) is 17.7. The van der Waals surface area contributed by atoms with E-state index in [0.717, 1.165) is 41.7 Å². The van der Waals surface area contributed by atoms with Crippen LogP contribution in [0.1, 0.15) is 33.8 Å². The fourth-order valence-electron chi connectivity index (χ4n) is 5.29. The molecule has 154 valence electrons. The van der Waals surface area contributed by atoms with Crippen molar-refractivity contribution in [1.82, 2.24) is 14.9 Å². The van der Waals surface area contributed by atoms with Crippen molar-refractivity contribution in [2.75, 3.05) is 25.0 Å². The zero-order valence-corrected chi connectivity index (χ0v) is 17.7. The summed E-state index contributed by atoms with van der Waals surface area (Å²) in [6.07, 6.45) is 0.972. The number of para-hydroxylation sites is 3. The molecule has 1 amide bonds. The van der Waals surface area contributed by atoms with Crippen LogP contribution < -0.4 is 4.90 Å². The van der Waals surface area contributed by atoms with Crippen molar-refractivity contribution in [3.8, 4) is 0 Å². The number of rotatable bonds is 1. The number of hydrogen-bond acceptors (Lipinski definition) is 4. The fourth-order valence-corrected chi connectivity index (χ4v) is 5.29. The van der Waals surface area contributed by atoms with Crippen LogP contribution in [0.2, 0.25) is 0 Å². The van der Waals surface area contributed by atoms with Gasteiger partial charge in [0.2, 0.25) is 0 Å². The molecule has 5 nitrogen and oxygen atoms in total. The Balaban J connectivity index is 1.51. The number of fused-ring (bicyclic) bond motifs is 5. The van der Waals surface area contributed by atoms with Gasteiger partial charge < -0.3 is 9.80 Å². The second-order valence-corrected chi connectivity index (χ2v) is 8.85. The number of hydrogen-bond donors (Lipinski definition) is 0. The molecule has 0 N–H and O–H groups in total. The predicted octanol–water partition coefficient (Wildman–Crippen LogP) is 4.54. The molecule has 3 aromatic carbocycles. The highest BCUT2D eigenvalue weighted by atomic mass is 16.2. The van der Waals surface area contributed by atoms with Gasteiger partial charge in [-0.1, -0.05) is 35.9 Å². The first-order valence-electron chi connectivity index (χ1n) is 10.9. The molecule has 0 bridgehead atoms. The van der Waals surface area contributed by atoms with Gasteiger partial charge in [0.15, 0.2) is 0 Å². The number of likely N-dealkylation sites (tertiary alicyclic amines) is 1. The lowest BCUT2D eigenvalue weighted by atomic mass is 9.88. The summed E-state index contributed by atoms with van der Waals surface area (Å²) in [5, 5.41) is 0. The first kappa shape index (κ1) is 18.5. The quantitative estimate of drug-likeness (QED) is 0.434. The van der Waals surface area contributed by atoms with E-state index in [4.69, 9.17) is 9.97 Å². The minimum atomic E-state index is 0.0253. The van der Waals surface area contributed by atoms with Crippen molar-refractivity contribution in [3.63, 3.8) is 0 Å². The Morgan fingerprint density at radius 1 is 0.968 bits per heavy atom. The number of anilines is 1. The van der Waals surface area contributed by atoms with Gasteiger partial charge in [-0.25, -0.2) is 9.97 Å². The van der Waals surface area contributed by atoms with Crippen LogP contribution in [0.4, 0.5) is 5.69 Å². The van der Waals surface area contributed by atoms with E-state index in [1.54, 1.807) is 0 Å². The van der Waals surface area contributed by atoms with Crippen LogP contribution in [-0.2, 0) is 0 Å². The molecule has 0 radical (unpaired) electrons. The van der Waals surface area contributed by atoms with Crippen LogP contribution in [0.3, 0.4) is 0 Å². The van der Waals surface area contributed by atoms with E-state index >= 15 is 0 Å². The minimum absolute atomic E-state index is 0.0253. The maximum atomic E-state index is 14.0. The van der Waals surface area contributed by atoms with E-state index in [9.17, 15) is 4.79 Å². The average molecular weight is 409 g/mol. The molecule has 1 saturated heterocycles. The number of nitrogens with zero attached hydrogens (tertiary/aromatic N) is 4. The Morgan fingerprint density at radius 3 is 2.58 bits per heavy atom. The summed E-state index contributed by atoms with van der Waals surface area (Å²) in [6.45, 7) is 4.10. The summed E-state index contributed by atoms with van der Waals surface area (Å²) in [6, 6.07) is 20.2. The normalized spacial score (nSPS) is 20.8. The number of aryl methyl sites for hydroxylation is 1. The first-order valence-corrected chi connectivity index (χ1v) is 10.9. The van der Waals surface area contributed by atoms with Crippen molar-refractivity contribution < 1.29 is 4.79 Å². The molecule has 1 aromatic heterocycles. The van der Waals surface area contributed by atoms with Gasteiger partial charge in [0, 0.05) is 24.2 Å². The van der Waals surface area contributed by atoms with Gasteiger partial charge in [-0.2, -0.15) is 0 Å². The standard InChI is InChI=1S/C26H24N4O/c1-16-10-11-23-18(14-16)19-15-29(2)13-12-24(19)30(23)26(31)17-6-5-9-22-25(17)28-21-8-4-3-7-20(21)27-22/h3-11,14,19,24H,12-13,15H2,1-2H3. The van der Waals surface area contributed by atoms with Gasteiger partial charge in [-0.3, -0.25) is 4.79 Å². The molecule has 4 aromatic rings. The highest BCUT2D eigenvalue weighted by Gasteiger charge is 2.44. The van der Waals surface area contributed by atoms with E-state index in [1.807, 2.05) is 47.4 Å². The third-order valence-electron chi connectivity index (χ3n) is 6.77. The second kappa shape index (κ2) is 6.86. The molecule has 2 atom stereocenters. The molecule has 3 heterocycles. The molecule has 2 aliphatic heterocycles. The van der Waals surface area contributed by atoms with Crippen molar-refractivity contribution in [1.29, 1.82) is 0 Å². The van der Waals surface area contributed by atoms with Crippen LogP contribution in [0.25, 0.3) is 22.1 Å². The molecule has 5 heteroatoms. The highest BCUT2D eigenvalue weighted by molar-refractivity contribution is 6.14. The van der Waals surface area contributed by atoms with Crippen molar-refractivity contribution in [2.45, 2.75) is 25.3 Å². The van der Waals surface area contributed by atoms with E-state index in [0.29, 0.717) is 17.0 Å². The third kappa shape index (κ3) is 2.84. The Kier molecular flexibility index (Phi) is 4.08. The number of carbonyl (C=O) groups excluding carboxylic acids is 1. The van der Waals surface area contributed by atoms with Gasteiger partial charge >= 0.3 is 0 Å². The number of aromatic nitrogens is 2. The molecule has 0 aliphatic carbocycles. The molecular weight excluding hydrogens is 384 g/mol. The van der Waals surface area contributed by atoms with E-state index in [1.165, 1.54) is 11.1 Å².